The average Bonchev–Trinajstić information content (AvgIpc) is 1.65. The van der Waals surface area contributed by atoms with Crippen LogP contribution in [0.1, 0.15) is 0 Å². The summed E-state index contributed by atoms with van der Waals surface area (Å²) in [6.07, 6.45) is 8.53. The minimum Gasteiger partial charge on any atom is -1.00 e. The van der Waals surface area contributed by atoms with E-state index in [-0.39, 0.29) is 24.0 Å². The number of allylic oxidation sites excluding steroid dienone is 2. The number of quaternary nitrogens is 1. The summed E-state index contributed by atoms with van der Waals surface area (Å²) in [7, 11) is 4.36. The van der Waals surface area contributed by atoms with E-state index in [0.29, 0.717) is 0 Å². The molecule has 1 rings (SSSR count). The van der Waals surface area contributed by atoms with E-state index in [1.807, 2.05) is 0 Å². The first-order valence-corrected chi connectivity index (χ1v) is 2.88. The van der Waals surface area contributed by atoms with Gasteiger partial charge in [0.05, 0.1) is 20.3 Å². The molecule has 1 nitrogen and oxygen atoms in total. The van der Waals surface area contributed by atoms with Crippen LogP contribution >= 0.6 is 0 Å². The Morgan fingerprint density at radius 2 is 1.89 bits per heavy atom. The molecule has 2 heteroatoms. The molecule has 0 aromatic heterocycles. The molecule has 0 aromatic carbocycles. The molecule has 0 fully saturated rings. The maximum absolute atomic E-state index is 2.18. The van der Waals surface area contributed by atoms with E-state index < -0.39 is 0 Å². The van der Waals surface area contributed by atoms with Crippen LogP contribution < -0.4 is 24.0 Å². The van der Waals surface area contributed by atoms with Crippen LogP contribution in [0.15, 0.2) is 24.4 Å². The van der Waals surface area contributed by atoms with E-state index in [1.165, 1.54) is 0 Å². The Bertz CT molecular complexity index is 136. The summed E-state index contributed by atoms with van der Waals surface area (Å²) in [6.45, 7) is 1.12. The molecule has 1 aliphatic heterocycles. The monoisotopic (exact) mass is 237 g/mol. The van der Waals surface area contributed by atoms with Crippen LogP contribution in [0, 0.1) is 0 Å². The van der Waals surface area contributed by atoms with Gasteiger partial charge in [-0.05, 0) is 12.2 Å². The van der Waals surface area contributed by atoms with Crippen LogP contribution in [0.25, 0.3) is 0 Å². The number of hydrogen-bond donors (Lipinski definition) is 0. The van der Waals surface area contributed by atoms with Crippen LogP contribution in [-0.4, -0.2) is 25.1 Å². The Hall–Kier alpha value is 0.170. The molecule has 1 heterocycles. The summed E-state index contributed by atoms with van der Waals surface area (Å²) in [4.78, 5) is 0. The minimum atomic E-state index is 0. The van der Waals surface area contributed by atoms with Crippen molar-refractivity contribution < 1.29 is 28.5 Å². The number of hydrogen-bond acceptors (Lipinski definition) is 0. The largest absolute Gasteiger partial charge is 1.00 e. The number of halogens is 1. The highest BCUT2D eigenvalue weighted by atomic mass is 127. The topological polar surface area (TPSA) is 0 Å². The van der Waals surface area contributed by atoms with E-state index in [4.69, 9.17) is 0 Å². The SMILES string of the molecule is C[N+]1(C)C=CC=CC1.[I-]. The van der Waals surface area contributed by atoms with Gasteiger partial charge in [-0.2, -0.15) is 0 Å². The fourth-order valence-electron chi connectivity index (χ4n) is 0.755. The first kappa shape index (κ1) is 9.17. The van der Waals surface area contributed by atoms with Gasteiger partial charge >= 0.3 is 0 Å². The van der Waals surface area contributed by atoms with Gasteiger partial charge in [-0.25, -0.2) is 0 Å². The Labute approximate surface area is 73.7 Å². The van der Waals surface area contributed by atoms with Gasteiger partial charge in [0.25, 0.3) is 0 Å². The first-order valence-electron chi connectivity index (χ1n) is 2.88. The molecule has 1 aliphatic rings. The fourth-order valence-corrected chi connectivity index (χ4v) is 0.755. The molecule has 0 radical (unpaired) electrons. The molecule has 9 heavy (non-hydrogen) atoms. The number of nitrogens with zero attached hydrogens (tertiary/aromatic N) is 1. The normalized spacial score (nSPS) is 21.1. The van der Waals surface area contributed by atoms with E-state index in [9.17, 15) is 0 Å². The van der Waals surface area contributed by atoms with Gasteiger partial charge in [0.2, 0.25) is 0 Å². The third kappa shape index (κ3) is 3.01. The zero-order valence-electron chi connectivity index (χ0n) is 5.84. The van der Waals surface area contributed by atoms with Crippen molar-refractivity contribution in [1.29, 1.82) is 0 Å². The van der Waals surface area contributed by atoms with Crippen molar-refractivity contribution in [1.82, 2.24) is 0 Å². The number of rotatable bonds is 0. The predicted octanol–water partition coefficient (Wildman–Crippen LogP) is -1.85. The van der Waals surface area contributed by atoms with Crippen molar-refractivity contribution in [3.05, 3.63) is 24.4 Å². The van der Waals surface area contributed by atoms with E-state index in [2.05, 4.69) is 38.5 Å². The molecule has 0 aromatic rings. The summed E-state index contributed by atoms with van der Waals surface area (Å²) in [5.41, 5.74) is 0. The second-order valence-corrected chi connectivity index (χ2v) is 2.73. The Morgan fingerprint density at radius 3 is 2.11 bits per heavy atom. The summed E-state index contributed by atoms with van der Waals surface area (Å²) in [5, 5.41) is 0. The van der Waals surface area contributed by atoms with Gasteiger partial charge in [-0.3, -0.25) is 4.48 Å². The van der Waals surface area contributed by atoms with Gasteiger partial charge in [-0.15, -0.1) is 0 Å². The lowest BCUT2D eigenvalue weighted by Crippen LogP contribution is -3.00. The van der Waals surface area contributed by atoms with Gasteiger partial charge in [0.1, 0.15) is 6.54 Å². The summed E-state index contributed by atoms with van der Waals surface area (Å²) in [6, 6.07) is 0. The van der Waals surface area contributed by atoms with Crippen molar-refractivity contribution in [3.63, 3.8) is 0 Å². The number of likely N-dealkylation sites (N-methyl/N-ethyl adjacent to an activating group) is 1. The van der Waals surface area contributed by atoms with Crippen LogP contribution in [0.4, 0.5) is 0 Å². The molecule has 0 aliphatic carbocycles. The predicted molar refractivity (Wildman–Crippen MR) is 35.3 cm³/mol. The third-order valence-corrected chi connectivity index (χ3v) is 1.31. The molecule has 0 N–H and O–H groups in total. The summed E-state index contributed by atoms with van der Waals surface area (Å²) >= 11 is 0. The second-order valence-electron chi connectivity index (χ2n) is 2.73. The molecular weight excluding hydrogens is 225 g/mol. The van der Waals surface area contributed by atoms with Crippen LogP contribution in [0.2, 0.25) is 0 Å². The van der Waals surface area contributed by atoms with Crippen molar-refractivity contribution in [2.75, 3.05) is 20.6 Å². The molecule has 0 amide bonds. The highest BCUT2D eigenvalue weighted by Gasteiger charge is 2.08. The molecular formula is C7H12IN. The Balaban J connectivity index is 0.000000640. The standard InChI is InChI=1S/C7H12N.HI/c1-8(2)6-4-3-5-7-8;/h3-6H,7H2,1-2H3;1H/q+1;/p-1. The van der Waals surface area contributed by atoms with Crippen LogP contribution in [-0.2, 0) is 0 Å². The maximum Gasteiger partial charge on any atom is 0.101 e. The van der Waals surface area contributed by atoms with Gasteiger partial charge < -0.3 is 24.0 Å². The zero-order chi connectivity index (χ0) is 6.04. The van der Waals surface area contributed by atoms with Crippen molar-refractivity contribution in [3.8, 4) is 0 Å². The zero-order valence-corrected chi connectivity index (χ0v) is 8.00. The third-order valence-electron chi connectivity index (χ3n) is 1.31. The lowest BCUT2D eigenvalue weighted by Gasteiger charge is -2.24. The maximum atomic E-state index is 2.18. The molecule has 0 spiro atoms. The lowest BCUT2D eigenvalue weighted by molar-refractivity contribution is -0.833. The molecule has 0 saturated carbocycles. The molecule has 0 unspecified atom stereocenters. The molecule has 0 bridgehead atoms. The minimum absolute atomic E-state index is 0. The summed E-state index contributed by atoms with van der Waals surface area (Å²) in [5.74, 6) is 0. The fraction of sp³-hybridized carbons (Fsp3) is 0.429. The van der Waals surface area contributed by atoms with Gasteiger partial charge in [0.15, 0.2) is 0 Å². The lowest BCUT2D eigenvalue weighted by atomic mass is 10.3. The molecule has 0 atom stereocenters. The van der Waals surface area contributed by atoms with Gasteiger partial charge in [0, 0.05) is 0 Å². The summed E-state index contributed by atoms with van der Waals surface area (Å²) < 4.78 is 0.983. The van der Waals surface area contributed by atoms with Crippen molar-refractivity contribution >= 4 is 0 Å². The molecule has 0 saturated heterocycles. The average molecular weight is 237 g/mol. The smallest absolute Gasteiger partial charge is 0.101 e. The van der Waals surface area contributed by atoms with Crippen molar-refractivity contribution in [2.45, 2.75) is 0 Å². The van der Waals surface area contributed by atoms with Crippen molar-refractivity contribution in [2.24, 2.45) is 0 Å². The first-order chi connectivity index (χ1) is 3.71. The quantitative estimate of drug-likeness (QED) is 0.343. The Morgan fingerprint density at radius 1 is 1.22 bits per heavy atom. The van der Waals surface area contributed by atoms with E-state index >= 15 is 0 Å². The van der Waals surface area contributed by atoms with Crippen LogP contribution in [0.5, 0.6) is 0 Å². The van der Waals surface area contributed by atoms with Crippen LogP contribution in [0.3, 0.4) is 0 Å². The second kappa shape index (κ2) is 3.37. The Kier molecular flexibility index (Phi) is 3.43. The van der Waals surface area contributed by atoms with Gasteiger partial charge in [-0.1, -0.05) is 6.08 Å². The highest BCUT2D eigenvalue weighted by molar-refractivity contribution is 5.03. The van der Waals surface area contributed by atoms with E-state index in [0.717, 1.165) is 11.0 Å². The highest BCUT2D eigenvalue weighted by Crippen LogP contribution is 2.02. The molecule has 52 valence electrons. The van der Waals surface area contributed by atoms with E-state index in [1.54, 1.807) is 0 Å².